The molecule has 0 aliphatic carbocycles. The second-order valence-electron chi connectivity index (χ2n) is 5.20. The van der Waals surface area contributed by atoms with Gasteiger partial charge in [0.1, 0.15) is 11.5 Å². The molecule has 0 bridgehead atoms. The highest BCUT2D eigenvalue weighted by atomic mass is 16.1. The van der Waals surface area contributed by atoms with Crippen molar-refractivity contribution in [2.45, 2.75) is 40.2 Å². The van der Waals surface area contributed by atoms with Gasteiger partial charge in [-0.25, -0.2) is 4.98 Å². The van der Waals surface area contributed by atoms with Crippen LogP contribution in [-0.2, 0) is 0 Å². The minimum absolute atomic E-state index is 0.103. The van der Waals surface area contributed by atoms with E-state index in [1.807, 2.05) is 19.1 Å². The van der Waals surface area contributed by atoms with E-state index >= 15 is 0 Å². The molecular formula is C16H28N4O. The van der Waals surface area contributed by atoms with Crippen molar-refractivity contribution in [3.63, 3.8) is 0 Å². The molecule has 1 aromatic heterocycles. The molecule has 1 heterocycles. The normalized spacial score (nSPS) is 12.2. The number of aromatic nitrogens is 1. The zero-order valence-electron chi connectivity index (χ0n) is 13.6. The summed E-state index contributed by atoms with van der Waals surface area (Å²) in [4.78, 5) is 18.9. The van der Waals surface area contributed by atoms with Crippen LogP contribution in [0.5, 0.6) is 0 Å². The van der Waals surface area contributed by atoms with Gasteiger partial charge in [-0.1, -0.05) is 26.8 Å². The van der Waals surface area contributed by atoms with Crippen molar-refractivity contribution in [1.29, 1.82) is 0 Å². The number of likely N-dealkylation sites (N-methyl/N-ethyl adjacent to an activating group) is 1. The molecule has 2 N–H and O–H groups in total. The quantitative estimate of drug-likeness (QED) is 0.733. The average molecular weight is 292 g/mol. The number of anilines is 1. The van der Waals surface area contributed by atoms with Crippen LogP contribution in [0.1, 0.15) is 44.6 Å². The Balaban J connectivity index is 2.58. The molecule has 0 aliphatic heterocycles. The number of hydrogen-bond acceptors (Lipinski definition) is 4. The van der Waals surface area contributed by atoms with Crippen LogP contribution < -0.4 is 10.6 Å². The topological polar surface area (TPSA) is 57.3 Å². The first kappa shape index (κ1) is 17.4. The Morgan fingerprint density at radius 1 is 1.29 bits per heavy atom. The predicted octanol–water partition coefficient (Wildman–Crippen LogP) is 2.36. The van der Waals surface area contributed by atoms with Gasteiger partial charge in [-0.15, -0.1) is 0 Å². The molecule has 0 spiro atoms. The van der Waals surface area contributed by atoms with E-state index < -0.39 is 0 Å². The van der Waals surface area contributed by atoms with Gasteiger partial charge in [-0.2, -0.15) is 0 Å². The predicted molar refractivity (Wildman–Crippen MR) is 87.7 cm³/mol. The molecule has 0 fully saturated rings. The Labute approximate surface area is 128 Å². The molecule has 5 heteroatoms. The lowest BCUT2D eigenvalue weighted by Gasteiger charge is -2.23. The molecule has 1 amide bonds. The van der Waals surface area contributed by atoms with Crippen LogP contribution in [0.15, 0.2) is 18.2 Å². The Bertz CT molecular complexity index is 432. The van der Waals surface area contributed by atoms with Crippen LogP contribution in [-0.4, -0.2) is 48.0 Å². The standard InChI is InChI=1S/C16H28N4O/c1-5-11-17-15-10-8-9-14(19-15)16(21)18-13(4)12-20(6-2)7-3/h8-10,13H,5-7,11-12H2,1-4H3,(H,17,19)(H,18,21). The van der Waals surface area contributed by atoms with Crippen LogP contribution in [0.2, 0.25) is 0 Å². The number of nitrogens with zero attached hydrogens (tertiary/aromatic N) is 2. The third kappa shape index (κ3) is 6.12. The fourth-order valence-electron chi connectivity index (χ4n) is 2.13. The summed E-state index contributed by atoms with van der Waals surface area (Å²) >= 11 is 0. The summed E-state index contributed by atoms with van der Waals surface area (Å²) in [6, 6.07) is 5.59. The molecule has 1 atom stereocenters. The van der Waals surface area contributed by atoms with Crippen LogP contribution in [0.4, 0.5) is 5.82 Å². The molecule has 1 rings (SSSR count). The van der Waals surface area contributed by atoms with Crippen molar-refractivity contribution >= 4 is 11.7 Å². The van der Waals surface area contributed by atoms with Gasteiger partial charge in [0.15, 0.2) is 0 Å². The van der Waals surface area contributed by atoms with Crippen molar-refractivity contribution in [2.75, 3.05) is 31.5 Å². The molecule has 0 radical (unpaired) electrons. The summed E-state index contributed by atoms with van der Waals surface area (Å²) in [6.07, 6.45) is 1.03. The molecule has 0 aromatic carbocycles. The summed E-state index contributed by atoms with van der Waals surface area (Å²) in [5.41, 5.74) is 0.461. The summed E-state index contributed by atoms with van der Waals surface area (Å²) in [6.45, 7) is 12.1. The lowest BCUT2D eigenvalue weighted by atomic mass is 10.2. The Morgan fingerprint density at radius 2 is 2.00 bits per heavy atom. The summed E-state index contributed by atoms with van der Waals surface area (Å²) in [5, 5.41) is 6.20. The zero-order chi connectivity index (χ0) is 15.7. The smallest absolute Gasteiger partial charge is 0.270 e. The van der Waals surface area contributed by atoms with E-state index in [1.165, 1.54) is 0 Å². The number of pyridine rings is 1. The van der Waals surface area contributed by atoms with Crippen LogP contribution >= 0.6 is 0 Å². The SMILES string of the molecule is CCCNc1cccc(C(=O)NC(C)CN(CC)CC)n1. The number of rotatable bonds is 9. The van der Waals surface area contributed by atoms with Crippen molar-refractivity contribution in [2.24, 2.45) is 0 Å². The third-order valence-corrected chi connectivity index (χ3v) is 3.34. The van der Waals surface area contributed by atoms with E-state index in [2.05, 4.69) is 41.3 Å². The third-order valence-electron chi connectivity index (χ3n) is 3.34. The molecule has 0 saturated carbocycles. The lowest BCUT2D eigenvalue weighted by Crippen LogP contribution is -2.42. The van der Waals surface area contributed by atoms with Crippen LogP contribution in [0, 0.1) is 0 Å². The summed E-state index contributed by atoms with van der Waals surface area (Å²) in [5.74, 6) is 0.635. The maximum absolute atomic E-state index is 12.2. The van der Waals surface area contributed by atoms with E-state index in [4.69, 9.17) is 0 Å². The molecule has 1 unspecified atom stereocenters. The number of carbonyl (C=O) groups excluding carboxylic acids is 1. The second kappa shape index (κ2) is 9.34. The highest BCUT2D eigenvalue weighted by Gasteiger charge is 2.13. The monoisotopic (exact) mass is 292 g/mol. The number of nitrogens with one attached hydrogen (secondary N) is 2. The van der Waals surface area contributed by atoms with Gasteiger partial charge in [0.25, 0.3) is 5.91 Å². The number of amides is 1. The Kier molecular flexibility index (Phi) is 7.75. The van der Waals surface area contributed by atoms with Crippen LogP contribution in [0.25, 0.3) is 0 Å². The number of hydrogen-bond donors (Lipinski definition) is 2. The summed E-state index contributed by atoms with van der Waals surface area (Å²) in [7, 11) is 0. The van der Waals surface area contributed by atoms with E-state index in [1.54, 1.807) is 6.07 Å². The van der Waals surface area contributed by atoms with Crippen LogP contribution in [0.3, 0.4) is 0 Å². The van der Waals surface area contributed by atoms with Crippen molar-refractivity contribution in [3.05, 3.63) is 23.9 Å². The molecule has 118 valence electrons. The second-order valence-corrected chi connectivity index (χ2v) is 5.20. The van der Waals surface area contributed by atoms with E-state index in [9.17, 15) is 4.79 Å². The number of carbonyl (C=O) groups is 1. The minimum Gasteiger partial charge on any atom is -0.370 e. The maximum atomic E-state index is 12.2. The molecule has 1 aromatic rings. The first-order valence-electron chi connectivity index (χ1n) is 7.84. The molecule has 5 nitrogen and oxygen atoms in total. The van der Waals surface area contributed by atoms with E-state index in [0.717, 1.165) is 38.4 Å². The Hall–Kier alpha value is -1.62. The van der Waals surface area contributed by atoms with Crippen molar-refractivity contribution in [3.8, 4) is 0 Å². The molecular weight excluding hydrogens is 264 g/mol. The van der Waals surface area contributed by atoms with Gasteiger partial charge < -0.3 is 15.5 Å². The van der Waals surface area contributed by atoms with Gasteiger partial charge in [0.05, 0.1) is 0 Å². The van der Waals surface area contributed by atoms with Crippen molar-refractivity contribution < 1.29 is 4.79 Å². The maximum Gasteiger partial charge on any atom is 0.270 e. The summed E-state index contributed by atoms with van der Waals surface area (Å²) < 4.78 is 0. The van der Waals surface area contributed by atoms with Gasteiger partial charge in [-0.3, -0.25) is 4.79 Å². The minimum atomic E-state index is -0.116. The van der Waals surface area contributed by atoms with Gasteiger partial charge in [-0.05, 0) is 38.6 Å². The molecule has 21 heavy (non-hydrogen) atoms. The lowest BCUT2D eigenvalue weighted by molar-refractivity contribution is 0.0925. The first-order chi connectivity index (χ1) is 10.1. The average Bonchev–Trinajstić information content (AvgIpc) is 2.50. The largest absolute Gasteiger partial charge is 0.370 e. The highest BCUT2D eigenvalue weighted by Crippen LogP contribution is 2.05. The first-order valence-corrected chi connectivity index (χ1v) is 7.84. The Morgan fingerprint density at radius 3 is 2.62 bits per heavy atom. The van der Waals surface area contributed by atoms with E-state index in [0.29, 0.717) is 5.69 Å². The fourth-order valence-corrected chi connectivity index (χ4v) is 2.13. The molecule has 0 saturated heterocycles. The zero-order valence-corrected chi connectivity index (χ0v) is 13.6. The van der Waals surface area contributed by atoms with Gasteiger partial charge >= 0.3 is 0 Å². The van der Waals surface area contributed by atoms with Gasteiger partial charge in [0, 0.05) is 19.1 Å². The van der Waals surface area contributed by atoms with Gasteiger partial charge in [0.2, 0.25) is 0 Å². The fraction of sp³-hybridized carbons (Fsp3) is 0.625. The van der Waals surface area contributed by atoms with Crippen molar-refractivity contribution in [1.82, 2.24) is 15.2 Å². The molecule has 0 aliphatic rings. The van der Waals surface area contributed by atoms with E-state index in [-0.39, 0.29) is 11.9 Å². The highest BCUT2D eigenvalue weighted by molar-refractivity contribution is 5.92.